The zero-order valence-corrected chi connectivity index (χ0v) is 8.10. The van der Waals surface area contributed by atoms with Crippen LogP contribution >= 0.6 is 11.8 Å². The summed E-state index contributed by atoms with van der Waals surface area (Å²) in [6.45, 7) is 2.06. The van der Waals surface area contributed by atoms with E-state index in [2.05, 4.69) is 11.9 Å². The average Bonchev–Trinajstić information content (AvgIpc) is 2.46. The Hall–Kier alpha value is -1.16. The smallest absolute Gasteiger partial charge is 0.256 e. The molecule has 13 heavy (non-hydrogen) atoms. The highest BCUT2D eigenvalue weighted by Gasteiger charge is 2.04. The van der Waals surface area contributed by atoms with E-state index in [1.165, 1.54) is 0 Å². The van der Waals surface area contributed by atoms with Gasteiger partial charge in [0, 0.05) is 11.8 Å². The Kier molecular flexibility index (Phi) is 2.14. The maximum Gasteiger partial charge on any atom is 0.256 e. The zero-order chi connectivity index (χ0) is 9.26. The molecule has 0 saturated carbocycles. The first kappa shape index (κ1) is 8.44. The summed E-state index contributed by atoms with van der Waals surface area (Å²) in [5, 5.41) is 0.711. The second-order valence-corrected chi connectivity index (χ2v) is 3.86. The molecule has 2 N–H and O–H groups in total. The first-order valence-corrected chi connectivity index (χ1v) is 5.07. The predicted octanol–water partition coefficient (Wildman–Crippen LogP) is 2.52. The number of anilines is 1. The molecular weight excluding hydrogens is 184 g/mol. The van der Waals surface area contributed by atoms with Crippen molar-refractivity contribution in [1.82, 2.24) is 4.98 Å². The van der Waals surface area contributed by atoms with E-state index in [1.54, 1.807) is 17.8 Å². The van der Waals surface area contributed by atoms with Crippen LogP contribution in [0.2, 0.25) is 0 Å². The Morgan fingerprint density at radius 3 is 3.15 bits per heavy atom. The molecule has 0 aliphatic heterocycles. The summed E-state index contributed by atoms with van der Waals surface area (Å²) in [5.41, 5.74) is 7.94. The van der Waals surface area contributed by atoms with E-state index >= 15 is 0 Å². The first-order valence-electron chi connectivity index (χ1n) is 4.08. The van der Waals surface area contributed by atoms with Crippen molar-refractivity contribution in [3.63, 3.8) is 0 Å². The fourth-order valence-corrected chi connectivity index (χ4v) is 1.66. The molecule has 2 rings (SSSR count). The van der Waals surface area contributed by atoms with Gasteiger partial charge in [0.15, 0.2) is 5.58 Å². The number of nitrogen functional groups attached to an aromatic ring is 1. The number of hydrogen-bond acceptors (Lipinski definition) is 4. The third-order valence-electron chi connectivity index (χ3n) is 1.66. The lowest BCUT2D eigenvalue weighted by Gasteiger charge is -1.88. The van der Waals surface area contributed by atoms with Gasteiger partial charge < -0.3 is 10.2 Å². The zero-order valence-electron chi connectivity index (χ0n) is 7.28. The number of nitrogens with two attached hydrogens (primary N) is 1. The van der Waals surface area contributed by atoms with Gasteiger partial charge in [-0.2, -0.15) is 0 Å². The van der Waals surface area contributed by atoms with Crippen LogP contribution in [0.1, 0.15) is 6.92 Å². The highest BCUT2D eigenvalue weighted by molar-refractivity contribution is 7.99. The van der Waals surface area contributed by atoms with Crippen LogP contribution in [0.15, 0.2) is 27.8 Å². The molecule has 0 radical (unpaired) electrons. The van der Waals surface area contributed by atoms with Crippen LogP contribution in [-0.2, 0) is 0 Å². The van der Waals surface area contributed by atoms with Gasteiger partial charge in [-0.3, -0.25) is 0 Å². The molecule has 68 valence electrons. The topological polar surface area (TPSA) is 52.0 Å². The first-order chi connectivity index (χ1) is 6.29. The molecule has 0 atom stereocenters. The standard InChI is InChI=1S/C9H10N2OS/c1-2-13-9-11-7-4-3-6(10)5-8(7)12-9/h3-5H,2,10H2,1H3. The third-order valence-corrected chi connectivity index (χ3v) is 2.37. The van der Waals surface area contributed by atoms with E-state index in [0.29, 0.717) is 10.9 Å². The van der Waals surface area contributed by atoms with Gasteiger partial charge in [-0.25, -0.2) is 4.98 Å². The SMILES string of the molecule is CCSc1nc2ccc(N)cc2o1. The van der Waals surface area contributed by atoms with E-state index in [-0.39, 0.29) is 0 Å². The molecule has 0 aliphatic rings. The van der Waals surface area contributed by atoms with Crippen LogP contribution < -0.4 is 5.73 Å². The monoisotopic (exact) mass is 194 g/mol. The minimum absolute atomic E-state index is 0.705. The normalized spacial score (nSPS) is 10.8. The van der Waals surface area contributed by atoms with Crippen molar-refractivity contribution in [2.75, 3.05) is 11.5 Å². The number of hydrogen-bond donors (Lipinski definition) is 1. The number of fused-ring (bicyclic) bond motifs is 1. The number of nitrogens with zero attached hydrogens (tertiary/aromatic N) is 1. The Morgan fingerprint density at radius 2 is 2.38 bits per heavy atom. The quantitative estimate of drug-likeness (QED) is 0.589. The second-order valence-electron chi connectivity index (χ2n) is 2.64. The number of thioether (sulfide) groups is 1. The molecule has 0 aliphatic carbocycles. The fraction of sp³-hybridized carbons (Fsp3) is 0.222. The van der Waals surface area contributed by atoms with E-state index in [4.69, 9.17) is 10.2 Å². The fourth-order valence-electron chi connectivity index (χ4n) is 1.11. The minimum atomic E-state index is 0.705. The van der Waals surface area contributed by atoms with Crippen molar-refractivity contribution >= 4 is 28.5 Å². The van der Waals surface area contributed by atoms with E-state index in [1.807, 2.05) is 12.1 Å². The van der Waals surface area contributed by atoms with Crippen molar-refractivity contribution in [2.24, 2.45) is 0 Å². The van der Waals surface area contributed by atoms with Gasteiger partial charge in [0.05, 0.1) is 0 Å². The van der Waals surface area contributed by atoms with Gasteiger partial charge in [0.25, 0.3) is 5.22 Å². The van der Waals surface area contributed by atoms with E-state index in [0.717, 1.165) is 16.9 Å². The third kappa shape index (κ3) is 1.62. The van der Waals surface area contributed by atoms with Crippen molar-refractivity contribution in [2.45, 2.75) is 12.1 Å². The molecule has 0 bridgehead atoms. The summed E-state index contributed by atoms with van der Waals surface area (Å²) in [6.07, 6.45) is 0. The average molecular weight is 194 g/mol. The van der Waals surface area contributed by atoms with Crippen LogP contribution in [0.25, 0.3) is 11.1 Å². The summed E-state index contributed by atoms with van der Waals surface area (Å²) in [5.74, 6) is 0.961. The highest BCUT2D eigenvalue weighted by Crippen LogP contribution is 2.24. The predicted molar refractivity (Wildman–Crippen MR) is 54.8 cm³/mol. The molecule has 0 fully saturated rings. The molecule has 2 aromatic rings. The van der Waals surface area contributed by atoms with Gasteiger partial charge in [-0.05, 0) is 17.9 Å². The Bertz CT molecular complexity index is 424. The Balaban J connectivity index is 2.49. The van der Waals surface area contributed by atoms with Crippen molar-refractivity contribution in [1.29, 1.82) is 0 Å². The van der Waals surface area contributed by atoms with Crippen molar-refractivity contribution < 1.29 is 4.42 Å². The van der Waals surface area contributed by atoms with Gasteiger partial charge in [0.2, 0.25) is 0 Å². The van der Waals surface area contributed by atoms with Crippen molar-refractivity contribution in [3.8, 4) is 0 Å². The molecule has 0 amide bonds. The maximum absolute atomic E-state index is 5.61. The van der Waals surface area contributed by atoms with Crippen LogP contribution in [0.4, 0.5) is 5.69 Å². The molecule has 0 spiro atoms. The van der Waals surface area contributed by atoms with Gasteiger partial charge in [-0.15, -0.1) is 0 Å². The molecular formula is C9H10N2OS. The largest absolute Gasteiger partial charge is 0.431 e. The van der Waals surface area contributed by atoms with Crippen LogP contribution in [0.3, 0.4) is 0 Å². The lowest BCUT2D eigenvalue weighted by Crippen LogP contribution is -1.81. The van der Waals surface area contributed by atoms with Crippen molar-refractivity contribution in [3.05, 3.63) is 18.2 Å². The summed E-state index contributed by atoms with van der Waals surface area (Å²) >= 11 is 1.59. The van der Waals surface area contributed by atoms with Crippen LogP contribution in [-0.4, -0.2) is 10.7 Å². The van der Waals surface area contributed by atoms with E-state index in [9.17, 15) is 0 Å². The number of oxazole rings is 1. The van der Waals surface area contributed by atoms with Gasteiger partial charge in [-0.1, -0.05) is 18.7 Å². The lowest BCUT2D eigenvalue weighted by molar-refractivity contribution is 0.490. The molecule has 3 nitrogen and oxygen atoms in total. The summed E-state index contributed by atoms with van der Waals surface area (Å²) in [7, 11) is 0. The molecule has 1 aromatic carbocycles. The summed E-state index contributed by atoms with van der Waals surface area (Å²) in [6, 6.07) is 5.49. The number of rotatable bonds is 2. The maximum atomic E-state index is 5.61. The Labute approximate surface area is 80.3 Å². The highest BCUT2D eigenvalue weighted by atomic mass is 32.2. The summed E-state index contributed by atoms with van der Waals surface area (Å²) < 4.78 is 5.46. The van der Waals surface area contributed by atoms with Gasteiger partial charge >= 0.3 is 0 Å². The molecule has 1 aromatic heterocycles. The molecule has 0 unspecified atom stereocenters. The number of benzene rings is 1. The van der Waals surface area contributed by atoms with Crippen LogP contribution in [0, 0.1) is 0 Å². The van der Waals surface area contributed by atoms with Crippen LogP contribution in [0.5, 0.6) is 0 Å². The second kappa shape index (κ2) is 3.30. The number of aromatic nitrogens is 1. The minimum Gasteiger partial charge on any atom is -0.431 e. The van der Waals surface area contributed by atoms with E-state index < -0.39 is 0 Å². The Morgan fingerprint density at radius 1 is 1.54 bits per heavy atom. The molecule has 4 heteroatoms. The summed E-state index contributed by atoms with van der Waals surface area (Å²) in [4.78, 5) is 4.28. The van der Waals surface area contributed by atoms with Gasteiger partial charge in [0.1, 0.15) is 5.52 Å². The lowest BCUT2D eigenvalue weighted by atomic mass is 10.3. The molecule has 1 heterocycles. The molecule has 0 saturated heterocycles.